The van der Waals surface area contributed by atoms with Crippen LogP contribution in [0.4, 0.5) is 13.2 Å². The fourth-order valence-electron chi connectivity index (χ4n) is 1.76. The van der Waals surface area contributed by atoms with Crippen molar-refractivity contribution in [1.82, 2.24) is 4.98 Å². The molecule has 0 N–H and O–H groups in total. The van der Waals surface area contributed by atoms with Gasteiger partial charge in [-0.3, -0.25) is 4.79 Å². The number of hydrogen-bond acceptors (Lipinski definition) is 4. The van der Waals surface area contributed by atoms with E-state index in [1.54, 1.807) is 6.07 Å². The second-order valence-corrected chi connectivity index (χ2v) is 4.02. The van der Waals surface area contributed by atoms with Crippen LogP contribution < -0.4 is 9.47 Å². The molecule has 7 heteroatoms. The Hall–Kier alpha value is -2.57. The van der Waals surface area contributed by atoms with Crippen molar-refractivity contribution in [2.45, 2.75) is 6.36 Å². The fourth-order valence-corrected chi connectivity index (χ4v) is 1.76. The lowest BCUT2D eigenvalue weighted by Gasteiger charge is -2.11. The third-order valence-corrected chi connectivity index (χ3v) is 2.58. The van der Waals surface area contributed by atoms with E-state index in [0.29, 0.717) is 17.4 Å². The molecule has 2 rings (SSSR count). The lowest BCUT2D eigenvalue weighted by atomic mass is 10.1. The summed E-state index contributed by atoms with van der Waals surface area (Å²) in [5.41, 5.74) is 1.08. The van der Waals surface area contributed by atoms with Gasteiger partial charge in [-0.1, -0.05) is 12.1 Å². The normalized spacial score (nSPS) is 11.0. The lowest BCUT2D eigenvalue weighted by molar-refractivity contribution is -0.274. The van der Waals surface area contributed by atoms with Crippen molar-refractivity contribution >= 4 is 6.29 Å². The molecule has 0 saturated carbocycles. The topological polar surface area (TPSA) is 48.4 Å². The molecule has 0 fully saturated rings. The summed E-state index contributed by atoms with van der Waals surface area (Å²) in [6.45, 7) is 0. The van der Waals surface area contributed by atoms with E-state index in [0.717, 1.165) is 0 Å². The Labute approximate surface area is 118 Å². The van der Waals surface area contributed by atoms with Gasteiger partial charge in [-0.15, -0.1) is 13.2 Å². The molecular formula is C14H10F3NO3. The molecule has 1 aromatic heterocycles. The number of halogens is 3. The molecule has 0 saturated heterocycles. The summed E-state index contributed by atoms with van der Waals surface area (Å²) in [6, 6.07) is 6.83. The second-order valence-electron chi connectivity index (χ2n) is 4.02. The van der Waals surface area contributed by atoms with Crippen molar-refractivity contribution in [1.29, 1.82) is 0 Å². The van der Waals surface area contributed by atoms with Crippen LogP contribution in [0.2, 0.25) is 0 Å². The van der Waals surface area contributed by atoms with Crippen molar-refractivity contribution in [3.8, 4) is 22.8 Å². The van der Waals surface area contributed by atoms with Crippen molar-refractivity contribution in [2.24, 2.45) is 0 Å². The van der Waals surface area contributed by atoms with Gasteiger partial charge >= 0.3 is 6.36 Å². The van der Waals surface area contributed by atoms with Crippen molar-refractivity contribution in [3.63, 3.8) is 0 Å². The predicted molar refractivity (Wildman–Crippen MR) is 68.3 cm³/mol. The highest BCUT2D eigenvalue weighted by Crippen LogP contribution is 2.32. The molecular weight excluding hydrogens is 287 g/mol. The number of methoxy groups -OCH3 is 1. The standard InChI is InChI=1S/C14H10F3NO3/c1-20-13-12(5-9(8-19)7-18-13)10-3-2-4-11(6-10)21-14(15,16)17/h2-8H,1H3. The molecule has 110 valence electrons. The first kappa shape index (κ1) is 14.8. The number of aromatic nitrogens is 1. The number of benzene rings is 1. The van der Waals surface area contributed by atoms with Crippen LogP contribution >= 0.6 is 0 Å². The van der Waals surface area contributed by atoms with Crippen LogP contribution in [0.25, 0.3) is 11.1 Å². The number of hydrogen-bond donors (Lipinski definition) is 0. The third kappa shape index (κ3) is 3.71. The number of alkyl halides is 3. The first-order chi connectivity index (χ1) is 9.93. The molecule has 0 unspecified atom stereocenters. The number of carbonyl (C=O) groups excluding carboxylic acids is 1. The Morgan fingerprint density at radius 2 is 2.00 bits per heavy atom. The maximum absolute atomic E-state index is 12.2. The summed E-state index contributed by atoms with van der Waals surface area (Å²) < 4.78 is 45.6. The minimum absolute atomic E-state index is 0.199. The molecule has 0 spiro atoms. The largest absolute Gasteiger partial charge is 0.573 e. The highest BCUT2D eigenvalue weighted by Gasteiger charge is 2.31. The Bertz CT molecular complexity index is 656. The molecule has 0 aliphatic heterocycles. The van der Waals surface area contributed by atoms with E-state index < -0.39 is 6.36 Å². The predicted octanol–water partition coefficient (Wildman–Crippen LogP) is 3.47. The van der Waals surface area contributed by atoms with Gasteiger partial charge in [0.05, 0.1) is 7.11 Å². The minimum atomic E-state index is -4.77. The quantitative estimate of drug-likeness (QED) is 0.811. The van der Waals surface area contributed by atoms with Crippen LogP contribution in [0, 0.1) is 0 Å². The maximum atomic E-state index is 12.2. The summed E-state index contributed by atoms with van der Waals surface area (Å²) in [7, 11) is 1.38. The maximum Gasteiger partial charge on any atom is 0.573 e. The van der Waals surface area contributed by atoms with Gasteiger partial charge < -0.3 is 9.47 Å². The molecule has 0 bridgehead atoms. The van der Waals surface area contributed by atoms with E-state index in [1.165, 1.54) is 37.6 Å². The van der Waals surface area contributed by atoms with Gasteiger partial charge in [-0.25, -0.2) is 4.98 Å². The SMILES string of the molecule is COc1ncc(C=O)cc1-c1cccc(OC(F)(F)F)c1. The zero-order valence-electron chi connectivity index (χ0n) is 10.8. The fraction of sp³-hybridized carbons (Fsp3) is 0.143. The molecule has 4 nitrogen and oxygen atoms in total. The molecule has 2 aromatic rings. The van der Waals surface area contributed by atoms with E-state index >= 15 is 0 Å². The second kappa shape index (κ2) is 5.82. The van der Waals surface area contributed by atoms with Gasteiger partial charge in [0.15, 0.2) is 6.29 Å². The minimum Gasteiger partial charge on any atom is -0.481 e. The van der Waals surface area contributed by atoms with E-state index in [9.17, 15) is 18.0 Å². The van der Waals surface area contributed by atoms with Gasteiger partial charge in [-0.2, -0.15) is 0 Å². The molecule has 1 heterocycles. The van der Waals surface area contributed by atoms with Crippen molar-refractivity contribution < 1.29 is 27.4 Å². The molecule has 0 amide bonds. The van der Waals surface area contributed by atoms with Gasteiger partial charge in [0, 0.05) is 17.3 Å². The zero-order valence-corrected chi connectivity index (χ0v) is 10.8. The number of ether oxygens (including phenoxy) is 2. The highest BCUT2D eigenvalue weighted by molar-refractivity contribution is 5.80. The van der Waals surface area contributed by atoms with Crippen molar-refractivity contribution in [3.05, 3.63) is 42.1 Å². The number of pyridine rings is 1. The van der Waals surface area contributed by atoms with Gasteiger partial charge in [-0.05, 0) is 23.8 Å². The molecule has 0 aliphatic carbocycles. The average Bonchev–Trinajstić information content (AvgIpc) is 2.45. The summed E-state index contributed by atoms with van der Waals surface area (Å²) >= 11 is 0. The number of rotatable bonds is 4. The summed E-state index contributed by atoms with van der Waals surface area (Å²) in [4.78, 5) is 14.7. The monoisotopic (exact) mass is 297 g/mol. The van der Waals surface area contributed by atoms with Crippen LogP contribution in [0.3, 0.4) is 0 Å². The van der Waals surface area contributed by atoms with Crippen LogP contribution in [0.5, 0.6) is 11.6 Å². The molecule has 21 heavy (non-hydrogen) atoms. The molecule has 0 atom stereocenters. The third-order valence-electron chi connectivity index (χ3n) is 2.58. The first-order valence-electron chi connectivity index (χ1n) is 5.78. The summed E-state index contributed by atoms with van der Waals surface area (Å²) in [5, 5.41) is 0. The first-order valence-corrected chi connectivity index (χ1v) is 5.78. The van der Waals surface area contributed by atoms with E-state index in [1.807, 2.05) is 0 Å². The number of aldehydes is 1. The highest BCUT2D eigenvalue weighted by atomic mass is 19.4. The van der Waals surface area contributed by atoms with Crippen LogP contribution in [0.1, 0.15) is 10.4 Å². The summed E-state index contributed by atoms with van der Waals surface area (Å²) in [5.74, 6) is -0.164. The smallest absolute Gasteiger partial charge is 0.481 e. The number of carbonyl (C=O) groups is 1. The molecule has 1 aromatic carbocycles. The Morgan fingerprint density at radius 3 is 2.62 bits per heavy atom. The van der Waals surface area contributed by atoms with Gasteiger partial charge in [0.2, 0.25) is 5.88 Å². The Kier molecular flexibility index (Phi) is 4.11. The molecule has 0 aliphatic rings. The lowest BCUT2D eigenvalue weighted by Crippen LogP contribution is -2.17. The van der Waals surface area contributed by atoms with Crippen molar-refractivity contribution in [2.75, 3.05) is 7.11 Å². The number of nitrogens with zero attached hydrogens (tertiary/aromatic N) is 1. The summed E-state index contributed by atoms with van der Waals surface area (Å²) in [6.07, 6.45) is -2.87. The van der Waals surface area contributed by atoms with Crippen LogP contribution in [-0.2, 0) is 0 Å². The van der Waals surface area contributed by atoms with Gasteiger partial charge in [0.25, 0.3) is 0 Å². The van der Waals surface area contributed by atoms with E-state index in [4.69, 9.17) is 4.74 Å². The van der Waals surface area contributed by atoms with Crippen LogP contribution in [0.15, 0.2) is 36.5 Å². The van der Waals surface area contributed by atoms with E-state index in [2.05, 4.69) is 9.72 Å². The van der Waals surface area contributed by atoms with E-state index in [-0.39, 0.29) is 17.2 Å². The Morgan fingerprint density at radius 1 is 1.24 bits per heavy atom. The zero-order chi connectivity index (χ0) is 15.5. The Balaban J connectivity index is 2.46. The molecule has 0 radical (unpaired) electrons. The van der Waals surface area contributed by atoms with Gasteiger partial charge in [0.1, 0.15) is 5.75 Å². The van der Waals surface area contributed by atoms with Crippen LogP contribution in [-0.4, -0.2) is 24.7 Å². The average molecular weight is 297 g/mol.